The fraction of sp³-hybridized carbons (Fsp3) is 0.462. The van der Waals surface area contributed by atoms with Crippen LogP contribution in [0.15, 0.2) is 18.2 Å². The van der Waals surface area contributed by atoms with Crippen LogP contribution in [0, 0.1) is 15.9 Å². The van der Waals surface area contributed by atoms with Crippen molar-refractivity contribution in [1.82, 2.24) is 5.32 Å². The van der Waals surface area contributed by atoms with Crippen LogP contribution in [0.4, 0.5) is 10.1 Å². The van der Waals surface area contributed by atoms with Crippen molar-refractivity contribution >= 4 is 11.7 Å². The number of likely N-dealkylation sites (N-methyl/N-ethyl adjacent to an activating group) is 1. The lowest BCUT2D eigenvalue weighted by atomic mass is 9.98. The molecule has 21 heavy (non-hydrogen) atoms. The van der Waals surface area contributed by atoms with E-state index in [0.29, 0.717) is 12.8 Å². The Kier molecular flexibility index (Phi) is 4.08. The molecule has 0 radical (unpaired) electrons. The number of nitrogens with one attached hydrogen (secondary N) is 1. The van der Waals surface area contributed by atoms with E-state index in [-0.39, 0.29) is 18.3 Å². The Bertz CT molecular complexity index is 580. The fourth-order valence-corrected chi connectivity index (χ4v) is 2.53. The molecule has 8 heteroatoms. The quantitative estimate of drug-likeness (QED) is 0.634. The van der Waals surface area contributed by atoms with Crippen LogP contribution in [-0.2, 0) is 4.79 Å². The van der Waals surface area contributed by atoms with E-state index >= 15 is 0 Å². The molecule has 1 aromatic rings. The Morgan fingerprint density at radius 1 is 1.62 bits per heavy atom. The second-order valence-corrected chi connectivity index (χ2v) is 4.99. The molecule has 0 bridgehead atoms. The van der Waals surface area contributed by atoms with Gasteiger partial charge in [-0.15, -0.1) is 0 Å². The third-order valence-electron chi connectivity index (χ3n) is 3.78. The molecule has 0 heterocycles. The maximum absolute atomic E-state index is 13.5. The van der Waals surface area contributed by atoms with E-state index in [0.717, 1.165) is 12.1 Å². The number of benzene rings is 1. The third-order valence-corrected chi connectivity index (χ3v) is 3.78. The summed E-state index contributed by atoms with van der Waals surface area (Å²) in [5, 5.41) is 22.5. The predicted molar refractivity (Wildman–Crippen MR) is 70.7 cm³/mol. The Labute approximate surface area is 119 Å². The molecule has 2 N–H and O–H groups in total. The first-order valence-electron chi connectivity index (χ1n) is 6.41. The number of nitro groups is 1. The van der Waals surface area contributed by atoms with Crippen molar-refractivity contribution in [3.8, 4) is 5.75 Å². The van der Waals surface area contributed by atoms with Crippen molar-refractivity contribution in [2.24, 2.45) is 0 Å². The largest absolute Gasteiger partial charge is 0.490 e. The second kappa shape index (κ2) is 5.65. The van der Waals surface area contributed by atoms with Crippen LogP contribution in [0.1, 0.15) is 19.3 Å². The van der Waals surface area contributed by atoms with Crippen LogP contribution >= 0.6 is 0 Å². The molecule has 1 saturated carbocycles. The van der Waals surface area contributed by atoms with Crippen molar-refractivity contribution in [3.63, 3.8) is 0 Å². The summed E-state index contributed by atoms with van der Waals surface area (Å²) in [5.74, 6) is -1.78. The van der Waals surface area contributed by atoms with Gasteiger partial charge in [0.05, 0.1) is 4.92 Å². The number of carbonyl (C=O) groups is 1. The predicted octanol–water partition coefficient (Wildman–Crippen LogP) is 1.71. The summed E-state index contributed by atoms with van der Waals surface area (Å²) in [6.07, 6.45) is 0.775. The third kappa shape index (κ3) is 2.94. The van der Waals surface area contributed by atoms with Gasteiger partial charge in [-0.05, 0) is 26.0 Å². The molecule has 1 aromatic carbocycles. The number of carboxylic acid groups (broad SMARTS) is 1. The van der Waals surface area contributed by atoms with Gasteiger partial charge in [-0.2, -0.15) is 4.39 Å². The molecule has 2 unspecified atom stereocenters. The first kappa shape index (κ1) is 15.2. The summed E-state index contributed by atoms with van der Waals surface area (Å²) in [6, 6.07) is 3.28. The van der Waals surface area contributed by atoms with E-state index in [4.69, 9.17) is 4.74 Å². The number of hydrogen-bond acceptors (Lipinski definition) is 5. The van der Waals surface area contributed by atoms with Gasteiger partial charge in [-0.3, -0.25) is 14.9 Å². The molecular weight excluding hydrogens is 283 g/mol. The molecule has 0 aromatic heterocycles. The Balaban J connectivity index is 2.09. The van der Waals surface area contributed by atoms with Gasteiger partial charge >= 0.3 is 11.7 Å². The van der Waals surface area contributed by atoms with Gasteiger partial charge < -0.3 is 15.2 Å². The highest BCUT2D eigenvalue weighted by Gasteiger charge is 2.45. The highest BCUT2D eigenvalue weighted by Crippen LogP contribution is 2.33. The Morgan fingerprint density at radius 2 is 2.33 bits per heavy atom. The van der Waals surface area contributed by atoms with Crippen molar-refractivity contribution in [1.29, 1.82) is 0 Å². The number of aliphatic carboxylic acids is 1. The van der Waals surface area contributed by atoms with Gasteiger partial charge in [-0.1, -0.05) is 0 Å². The van der Waals surface area contributed by atoms with Crippen molar-refractivity contribution in [2.75, 3.05) is 7.05 Å². The normalized spacial score (nSPS) is 24.8. The average Bonchev–Trinajstić information content (AvgIpc) is 2.83. The summed E-state index contributed by atoms with van der Waals surface area (Å²) in [6.45, 7) is 0. The van der Waals surface area contributed by atoms with E-state index in [1.165, 1.54) is 6.07 Å². The smallest absolute Gasteiger partial charge is 0.324 e. The van der Waals surface area contributed by atoms with E-state index in [1.54, 1.807) is 7.05 Å². The highest BCUT2D eigenvalue weighted by atomic mass is 19.1. The van der Waals surface area contributed by atoms with Gasteiger partial charge in [-0.25, -0.2) is 0 Å². The maximum Gasteiger partial charge on any atom is 0.324 e. The molecule has 0 aliphatic heterocycles. The molecule has 1 fully saturated rings. The number of halogens is 1. The minimum atomic E-state index is -1.04. The molecule has 1 aliphatic carbocycles. The van der Waals surface area contributed by atoms with Gasteiger partial charge in [0.1, 0.15) is 17.4 Å². The zero-order valence-electron chi connectivity index (χ0n) is 11.3. The van der Waals surface area contributed by atoms with Gasteiger partial charge in [0.15, 0.2) is 0 Å². The van der Waals surface area contributed by atoms with Crippen molar-refractivity contribution in [2.45, 2.75) is 30.9 Å². The first-order chi connectivity index (χ1) is 9.88. The highest BCUT2D eigenvalue weighted by molar-refractivity contribution is 5.79. The zero-order chi connectivity index (χ0) is 15.6. The standard InChI is InChI=1S/C13H15FN2O5/c1-15-13(12(17)18)5-4-9(7-13)21-8-2-3-11(16(19)20)10(14)6-8/h2-3,6,9,15H,4-5,7H2,1H3,(H,17,18). The minimum absolute atomic E-state index is 0.153. The number of nitrogens with zero attached hydrogens (tertiary/aromatic N) is 1. The summed E-state index contributed by atoms with van der Waals surface area (Å²) in [5.41, 5.74) is -1.66. The molecule has 0 spiro atoms. The molecule has 1 aliphatic rings. The number of carboxylic acids is 1. The van der Waals surface area contributed by atoms with E-state index in [1.807, 2.05) is 0 Å². The molecular formula is C13H15FN2O5. The SMILES string of the molecule is CNC1(C(=O)O)CCC(Oc2ccc([N+](=O)[O-])c(F)c2)C1. The molecule has 2 rings (SSSR count). The van der Waals surface area contributed by atoms with Gasteiger partial charge in [0.25, 0.3) is 0 Å². The molecule has 114 valence electrons. The topological polar surface area (TPSA) is 102 Å². The van der Waals surface area contributed by atoms with E-state index < -0.39 is 27.9 Å². The first-order valence-corrected chi connectivity index (χ1v) is 6.41. The summed E-state index contributed by atoms with van der Waals surface area (Å²) < 4.78 is 19.0. The van der Waals surface area contributed by atoms with Gasteiger partial charge in [0.2, 0.25) is 5.82 Å². The molecule has 2 atom stereocenters. The zero-order valence-corrected chi connectivity index (χ0v) is 11.3. The number of rotatable bonds is 5. The second-order valence-electron chi connectivity index (χ2n) is 4.99. The molecule has 7 nitrogen and oxygen atoms in total. The lowest BCUT2D eigenvalue weighted by Gasteiger charge is -2.23. The van der Waals surface area contributed by atoms with Crippen LogP contribution in [0.25, 0.3) is 0 Å². The summed E-state index contributed by atoms with van der Waals surface area (Å²) >= 11 is 0. The van der Waals surface area contributed by atoms with Crippen LogP contribution in [0.3, 0.4) is 0 Å². The molecule has 0 saturated heterocycles. The van der Waals surface area contributed by atoms with Gasteiger partial charge in [0, 0.05) is 18.6 Å². The van der Waals surface area contributed by atoms with Crippen LogP contribution in [-0.4, -0.2) is 34.7 Å². The summed E-state index contributed by atoms with van der Waals surface area (Å²) in [4.78, 5) is 21.0. The van der Waals surface area contributed by atoms with Crippen LogP contribution < -0.4 is 10.1 Å². The van der Waals surface area contributed by atoms with E-state index in [2.05, 4.69) is 5.32 Å². The maximum atomic E-state index is 13.5. The Morgan fingerprint density at radius 3 is 2.81 bits per heavy atom. The van der Waals surface area contributed by atoms with Crippen molar-refractivity contribution in [3.05, 3.63) is 34.1 Å². The van der Waals surface area contributed by atoms with E-state index in [9.17, 15) is 24.4 Å². The minimum Gasteiger partial charge on any atom is -0.490 e. The monoisotopic (exact) mass is 298 g/mol. The Hall–Kier alpha value is -2.22. The van der Waals surface area contributed by atoms with Crippen molar-refractivity contribution < 1.29 is 24.0 Å². The fourth-order valence-electron chi connectivity index (χ4n) is 2.53. The van der Waals surface area contributed by atoms with Crippen LogP contribution in [0.5, 0.6) is 5.75 Å². The lowest BCUT2D eigenvalue weighted by molar-refractivity contribution is -0.387. The molecule has 0 amide bonds. The average molecular weight is 298 g/mol. The number of ether oxygens (including phenoxy) is 1. The lowest BCUT2D eigenvalue weighted by Crippen LogP contribution is -2.48. The summed E-state index contributed by atoms with van der Waals surface area (Å²) in [7, 11) is 1.57. The number of hydrogen-bond donors (Lipinski definition) is 2. The number of nitro benzene ring substituents is 1. The van der Waals surface area contributed by atoms with Crippen LogP contribution in [0.2, 0.25) is 0 Å².